The molecule has 0 saturated carbocycles. The lowest BCUT2D eigenvalue weighted by Gasteiger charge is -2.03. The van der Waals surface area contributed by atoms with Gasteiger partial charge in [-0.15, -0.1) is 0 Å². The van der Waals surface area contributed by atoms with Crippen LogP contribution in [0.3, 0.4) is 0 Å². The first kappa shape index (κ1) is 23.9. The lowest BCUT2D eigenvalue weighted by atomic mass is 10.1. The van der Waals surface area contributed by atoms with E-state index in [2.05, 4.69) is 17.0 Å². The van der Waals surface area contributed by atoms with Crippen LogP contribution in [-0.2, 0) is 14.3 Å². The number of unbranched alkanes of at least 4 members (excludes halogenated alkanes) is 10. The highest BCUT2D eigenvalue weighted by atomic mass is 27.0. The Kier molecular flexibility index (Phi) is 20.3. The summed E-state index contributed by atoms with van der Waals surface area (Å²) in [5, 5.41) is 2.66. The van der Waals surface area contributed by atoms with E-state index in [0.717, 1.165) is 12.8 Å². The van der Waals surface area contributed by atoms with Crippen LogP contribution in [0.4, 0.5) is 0 Å². The molecule has 0 aromatic carbocycles. The summed E-state index contributed by atoms with van der Waals surface area (Å²) < 4.78 is 4.64. The Morgan fingerprint density at radius 1 is 0.773 bits per heavy atom. The molecule has 0 heterocycles. The van der Waals surface area contributed by atoms with Gasteiger partial charge in [-0.3, -0.25) is 9.59 Å². The zero-order valence-electron chi connectivity index (χ0n) is 14.5. The van der Waals surface area contributed by atoms with E-state index in [1.54, 1.807) is 7.05 Å². The van der Waals surface area contributed by atoms with Crippen molar-refractivity contribution < 1.29 is 14.3 Å². The number of likely N-dealkylation sites (N-methyl/N-ethyl adjacent to an activating group) is 1. The van der Waals surface area contributed by atoms with Gasteiger partial charge in [0.15, 0.2) is 0 Å². The Morgan fingerprint density at radius 2 is 1.23 bits per heavy atom. The zero-order chi connectivity index (χ0) is 15.8. The number of carbonyl (C=O) groups excluding carboxylic acids is 2. The Hall–Kier alpha value is -0.368. The molecule has 5 heteroatoms. The molecule has 127 valence electrons. The van der Waals surface area contributed by atoms with Crippen LogP contribution in [0.25, 0.3) is 0 Å². The topological polar surface area (TPSA) is 55.4 Å². The smallest absolute Gasteiger partial charge is 0.327 e. The summed E-state index contributed by atoms with van der Waals surface area (Å²) in [5.74, 6) is -0.892. The normalized spacial score (nSPS) is 10.1. The highest BCUT2D eigenvalue weighted by Crippen LogP contribution is 2.12. The first-order chi connectivity index (χ1) is 10.2. The summed E-state index contributed by atoms with van der Waals surface area (Å²) in [4.78, 5) is 22.4. The van der Waals surface area contributed by atoms with E-state index in [0.29, 0.717) is 6.42 Å². The molecule has 0 rings (SSSR count). The fourth-order valence-corrected chi connectivity index (χ4v) is 2.29. The molecule has 0 aliphatic rings. The third kappa shape index (κ3) is 17.7. The maximum absolute atomic E-state index is 11.3. The Balaban J connectivity index is 0. The summed E-state index contributed by atoms with van der Waals surface area (Å²) >= 11 is 0. The maximum atomic E-state index is 11.3. The van der Waals surface area contributed by atoms with Crippen molar-refractivity contribution in [1.29, 1.82) is 0 Å². The quantitative estimate of drug-likeness (QED) is 0.229. The maximum Gasteiger partial charge on any atom is 0.327 e. The highest BCUT2D eigenvalue weighted by molar-refractivity contribution is 5.86. The number of esters is 2. The molecule has 0 amide bonds. The molecule has 4 nitrogen and oxygen atoms in total. The van der Waals surface area contributed by atoms with E-state index in [4.69, 9.17) is 0 Å². The van der Waals surface area contributed by atoms with Gasteiger partial charge in [0, 0.05) is 23.8 Å². The van der Waals surface area contributed by atoms with Gasteiger partial charge in [0.1, 0.15) is 0 Å². The largest absolute Gasteiger partial charge is 0.392 e. The number of carbonyl (C=O) groups is 2. The van der Waals surface area contributed by atoms with Crippen molar-refractivity contribution in [3.8, 4) is 0 Å². The number of hydrogen-bond acceptors (Lipinski definition) is 4. The van der Waals surface area contributed by atoms with Crippen molar-refractivity contribution in [1.82, 2.24) is 5.32 Å². The molecular weight excluding hydrogens is 293 g/mol. The lowest BCUT2D eigenvalue weighted by Crippen LogP contribution is -2.23. The second-order valence-corrected chi connectivity index (χ2v) is 5.66. The van der Waals surface area contributed by atoms with Crippen LogP contribution in [-0.4, -0.2) is 42.9 Å². The summed E-state index contributed by atoms with van der Waals surface area (Å²) in [6.07, 6.45) is 14.1. The summed E-state index contributed by atoms with van der Waals surface area (Å²) in [6.45, 7) is 2.33. The van der Waals surface area contributed by atoms with Gasteiger partial charge in [-0.1, -0.05) is 71.1 Å². The first-order valence-electron chi connectivity index (χ1n) is 8.58. The van der Waals surface area contributed by atoms with Crippen molar-refractivity contribution in [3.63, 3.8) is 0 Å². The molecule has 22 heavy (non-hydrogen) atoms. The Morgan fingerprint density at radius 3 is 1.68 bits per heavy atom. The first-order valence-corrected chi connectivity index (χ1v) is 8.58. The molecule has 3 radical (unpaired) electrons. The monoisotopic (exact) mass is 326 g/mol. The van der Waals surface area contributed by atoms with Crippen LogP contribution in [0.2, 0.25) is 0 Å². The van der Waals surface area contributed by atoms with E-state index in [-0.39, 0.29) is 23.9 Å². The van der Waals surface area contributed by atoms with Gasteiger partial charge >= 0.3 is 11.9 Å². The third-order valence-corrected chi connectivity index (χ3v) is 3.53. The van der Waals surface area contributed by atoms with Gasteiger partial charge in [-0.2, -0.15) is 0 Å². The van der Waals surface area contributed by atoms with E-state index in [1.807, 2.05) is 0 Å². The minimum Gasteiger partial charge on any atom is -0.392 e. The summed E-state index contributed by atoms with van der Waals surface area (Å²) in [7, 11) is 1.65. The molecule has 0 aliphatic carbocycles. The average Bonchev–Trinajstić information content (AvgIpc) is 2.45. The SMILES string of the molecule is CCCCCCCCCCCCCC(=O)OC(=O)CNC.[Al]. The van der Waals surface area contributed by atoms with Crippen molar-refractivity contribution in [2.45, 2.75) is 84.0 Å². The molecule has 0 aromatic rings. The summed E-state index contributed by atoms with van der Waals surface area (Å²) in [5.41, 5.74) is 0. The molecule has 0 aromatic heterocycles. The predicted octanol–water partition coefficient (Wildman–Crippen LogP) is 3.60. The summed E-state index contributed by atoms with van der Waals surface area (Å²) in [6, 6.07) is 0. The van der Waals surface area contributed by atoms with Gasteiger partial charge in [0.05, 0.1) is 6.54 Å². The fourth-order valence-electron chi connectivity index (χ4n) is 2.29. The van der Waals surface area contributed by atoms with Crippen molar-refractivity contribution >= 4 is 29.3 Å². The van der Waals surface area contributed by atoms with Crippen molar-refractivity contribution in [2.24, 2.45) is 0 Å². The molecular formula is C17H33AlNO3. The van der Waals surface area contributed by atoms with Crippen LogP contribution < -0.4 is 5.32 Å². The molecule has 0 fully saturated rings. The fraction of sp³-hybridized carbons (Fsp3) is 0.882. The van der Waals surface area contributed by atoms with E-state index >= 15 is 0 Å². The van der Waals surface area contributed by atoms with Crippen molar-refractivity contribution in [2.75, 3.05) is 13.6 Å². The van der Waals surface area contributed by atoms with Crippen molar-refractivity contribution in [3.05, 3.63) is 0 Å². The minimum absolute atomic E-state index is 0. The van der Waals surface area contributed by atoms with E-state index in [9.17, 15) is 9.59 Å². The zero-order valence-corrected chi connectivity index (χ0v) is 15.6. The second kappa shape index (κ2) is 18.7. The predicted molar refractivity (Wildman–Crippen MR) is 91.9 cm³/mol. The molecule has 0 spiro atoms. The lowest BCUT2D eigenvalue weighted by molar-refractivity contribution is -0.158. The van der Waals surface area contributed by atoms with Crippen LogP contribution in [0.15, 0.2) is 0 Å². The van der Waals surface area contributed by atoms with Gasteiger partial charge in [0.2, 0.25) is 0 Å². The molecule has 0 aliphatic heterocycles. The van der Waals surface area contributed by atoms with Crippen LogP contribution in [0.5, 0.6) is 0 Å². The van der Waals surface area contributed by atoms with E-state index in [1.165, 1.54) is 57.8 Å². The Bertz CT molecular complexity index is 273. The molecule has 0 saturated heterocycles. The van der Waals surface area contributed by atoms with Crippen LogP contribution in [0.1, 0.15) is 84.0 Å². The Labute approximate surface area is 146 Å². The van der Waals surface area contributed by atoms with Gasteiger partial charge in [0.25, 0.3) is 0 Å². The highest BCUT2D eigenvalue weighted by Gasteiger charge is 2.08. The van der Waals surface area contributed by atoms with E-state index < -0.39 is 11.9 Å². The molecule has 0 atom stereocenters. The third-order valence-electron chi connectivity index (χ3n) is 3.53. The van der Waals surface area contributed by atoms with Gasteiger partial charge < -0.3 is 10.1 Å². The standard InChI is InChI=1S/C17H33NO3.Al/c1-3-4-5-6-7-8-9-10-11-12-13-14-16(19)21-17(20)15-18-2;/h18H,3-15H2,1-2H3;. The molecule has 0 unspecified atom stereocenters. The average molecular weight is 326 g/mol. The van der Waals surface area contributed by atoms with Crippen LogP contribution >= 0.6 is 0 Å². The molecule has 0 bridgehead atoms. The number of rotatable bonds is 14. The number of ether oxygens (including phenoxy) is 1. The second-order valence-electron chi connectivity index (χ2n) is 5.66. The number of nitrogens with one attached hydrogen (secondary N) is 1. The van der Waals surface area contributed by atoms with Gasteiger partial charge in [-0.25, -0.2) is 0 Å². The van der Waals surface area contributed by atoms with Crippen LogP contribution in [0, 0.1) is 0 Å². The number of hydrogen-bond donors (Lipinski definition) is 1. The van der Waals surface area contributed by atoms with Gasteiger partial charge in [-0.05, 0) is 13.5 Å². The minimum atomic E-state index is -0.495. The molecule has 1 N–H and O–H groups in total.